The Morgan fingerprint density at radius 3 is 2.67 bits per heavy atom. The molecule has 18 heavy (non-hydrogen) atoms. The van der Waals surface area contributed by atoms with Crippen LogP contribution in [0.15, 0.2) is 42.5 Å². The summed E-state index contributed by atoms with van der Waals surface area (Å²) in [6, 6.07) is 14.3. The number of fused-ring (bicyclic) bond motifs is 1. The third-order valence-corrected chi connectivity index (χ3v) is 3.92. The van der Waals surface area contributed by atoms with Crippen LogP contribution < -0.4 is 0 Å². The lowest BCUT2D eigenvalue weighted by Gasteiger charge is -2.29. The fourth-order valence-electron chi connectivity index (χ4n) is 2.75. The van der Waals surface area contributed by atoms with Crippen molar-refractivity contribution in [2.45, 2.75) is 31.5 Å². The van der Waals surface area contributed by atoms with E-state index in [0.717, 1.165) is 30.4 Å². The summed E-state index contributed by atoms with van der Waals surface area (Å²) in [6.45, 7) is 2.75. The van der Waals surface area contributed by atoms with Crippen LogP contribution in [0.5, 0.6) is 0 Å². The molecule has 0 radical (unpaired) electrons. The molecule has 2 nitrogen and oxygen atoms in total. The predicted octanol–water partition coefficient (Wildman–Crippen LogP) is 3.44. The molecule has 1 aliphatic heterocycles. The fourth-order valence-corrected chi connectivity index (χ4v) is 2.75. The van der Waals surface area contributed by atoms with Gasteiger partial charge in [0, 0.05) is 6.61 Å². The Balaban J connectivity index is 1.98. The van der Waals surface area contributed by atoms with E-state index in [2.05, 4.69) is 24.3 Å². The average molecular weight is 242 g/mol. The van der Waals surface area contributed by atoms with Gasteiger partial charge >= 0.3 is 0 Å². The zero-order chi connectivity index (χ0) is 12.6. The highest BCUT2D eigenvalue weighted by Gasteiger charge is 2.38. The second kappa shape index (κ2) is 4.38. The molecular weight excluding hydrogens is 224 g/mol. The van der Waals surface area contributed by atoms with Crippen LogP contribution in [0.2, 0.25) is 0 Å². The summed E-state index contributed by atoms with van der Waals surface area (Å²) in [5, 5.41) is 12.9. The van der Waals surface area contributed by atoms with E-state index in [1.165, 1.54) is 5.39 Å². The summed E-state index contributed by atoms with van der Waals surface area (Å²) in [5.41, 5.74) is 0.515. The molecule has 3 rings (SSSR count). The molecule has 0 bridgehead atoms. The average Bonchev–Trinajstić information content (AvgIpc) is 2.85. The highest BCUT2D eigenvalue weighted by Crippen LogP contribution is 2.37. The van der Waals surface area contributed by atoms with Gasteiger partial charge in [-0.05, 0) is 42.2 Å². The highest BCUT2D eigenvalue weighted by molar-refractivity contribution is 5.83. The van der Waals surface area contributed by atoms with Gasteiger partial charge in [-0.25, -0.2) is 0 Å². The zero-order valence-corrected chi connectivity index (χ0v) is 10.6. The third kappa shape index (κ3) is 1.92. The second-order valence-electron chi connectivity index (χ2n) is 5.27. The van der Waals surface area contributed by atoms with Gasteiger partial charge in [-0.1, -0.05) is 36.4 Å². The van der Waals surface area contributed by atoms with Crippen molar-refractivity contribution in [1.82, 2.24) is 0 Å². The molecule has 1 saturated heterocycles. The Bertz CT molecular complexity index is 556. The minimum atomic E-state index is -0.551. The Morgan fingerprint density at radius 2 is 1.94 bits per heavy atom. The van der Waals surface area contributed by atoms with E-state index in [4.69, 9.17) is 4.74 Å². The molecule has 0 aromatic heterocycles. The van der Waals surface area contributed by atoms with Crippen LogP contribution in [0.1, 0.15) is 31.4 Å². The van der Waals surface area contributed by atoms with Gasteiger partial charge in [-0.2, -0.15) is 0 Å². The molecule has 1 fully saturated rings. The minimum Gasteiger partial charge on any atom is -0.385 e. The van der Waals surface area contributed by atoms with E-state index in [0.29, 0.717) is 0 Å². The first kappa shape index (κ1) is 11.7. The lowest BCUT2D eigenvalue weighted by atomic mass is 9.89. The number of hydrogen-bond acceptors (Lipinski definition) is 2. The Labute approximate surface area is 107 Å². The van der Waals surface area contributed by atoms with Crippen molar-refractivity contribution in [1.29, 1.82) is 0 Å². The monoisotopic (exact) mass is 242 g/mol. The standard InChI is InChI=1S/C16H18O2/c1-16(9-4-10-18-16)15(17)14-8-7-12-5-2-3-6-13(12)11-14/h2-3,5-8,11,15,17H,4,9-10H2,1H3. The van der Waals surface area contributed by atoms with Gasteiger partial charge < -0.3 is 9.84 Å². The zero-order valence-electron chi connectivity index (χ0n) is 10.6. The van der Waals surface area contributed by atoms with Crippen molar-refractivity contribution in [2.75, 3.05) is 6.61 Å². The van der Waals surface area contributed by atoms with Gasteiger partial charge in [0.2, 0.25) is 0 Å². The highest BCUT2D eigenvalue weighted by atomic mass is 16.5. The quantitative estimate of drug-likeness (QED) is 0.874. The molecule has 2 unspecified atom stereocenters. The van der Waals surface area contributed by atoms with Crippen LogP contribution in [-0.2, 0) is 4.74 Å². The first-order valence-corrected chi connectivity index (χ1v) is 6.50. The molecule has 0 spiro atoms. The molecule has 0 saturated carbocycles. The Hall–Kier alpha value is -1.38. The molecule has 2 atom stereocenters. The summed E-state index contributed by atoms with van der Waals surface area (Å²) in [4.78, 5) is 0. The topological polar surface area (TPSA) is 29.5 Å². The lowest BCUT2D eigenvalue weighted by Crippen LogP contribution is -2.31. The molecule has 1 heterocycles. The number of hydrogen-bond donors (Lipinski definition) is 1. The first-order valence-electron chi connectivity index (χ1n) is 6.50. The number of benzene rings is 2. The molecule has 2 aromatic carbocycles. The van der Waals surface area contributed by atoms with Gasteiger partial charge in [0.1, 0.15) is 6.10 Å². The normalized spacial score (nSPS) is 25.4. The van der Waals surface area contributed by atoms with Gasteiger partial charge in [0.15, 0.2) is 0 Å². The minimum absolute atomic E-state index is 0.428. The number of rotatable bonds is 2. The molecule has 2 aromatic rings. The molecule has 2 heteroatoms. The van der Waals surface area contributed by atoms with Crippen LogP contribution in [0.4, 0.5) is 0 Å². The summed E-state index contributed by atoms with van der Waals surface area (Å²) >= 11 is 0. The summed E-state index contributed by atoms with van der Waals surface area (Å²) in [6.07, 6.45) is 1.40. The molecule has 0 aliphatic carbocycles. The summed E-state index contributed by atoms with van der Waals surface area (Å²) < 4.78 is 5.72. The largest absolute Gasteiger partial charge is 0.385 e. The van der Waals surface area contributed by atoms with Gasteiger partial charge in [0.05, 0.1) is 5.60 Å². The van der Waals surface area contributed by atoms with E-state index in [1.807, 2.05) is 25.1 Å². The van der Waals surface area contributed by atoms with E-state index in [-0.39, 0.29) is 0 Å². The van der Waals surface area contributed by atoms with Gasteiger partial charge in [-0.15, -0.1) is 0 Å². The van der Waals surface area contributed by atoms with Crippen LogP contribution in [-0.4, -0.2) is 17.3 Å². The number of aliphatic hydroxyl groups excluding tert-OH is 1. The van der Waals surface area contributed by atoms with E-state index in [1.54, 1.807) is 0 Å². The van der Waals surface area contributed by atoms with Gasteiger partial charge in [-0.3, -0.25) is 0 Å². The molecule has 94 valence electrons. The maximum Gasteiger partial charge on any atom is 0.108 e. The summed E-state index contributed by atoms with van der Waals surface area (Å²) in [7, 11) is 0. The van der Waals surface area contributed by atoms with Crippen LogP contribution >= 0.6 is 0 Å². The first-order chi connectivity index (χ1) is 8.69. The molecule has 1 aliphatic rings. The van der Waals surface area contributed by atoms with Crippen LogP contribution in [0.25, 0.3) is 10.8 Å². The van der Waals surface area contributed by atoms with E-state index in [9.17, 15) is 5.11 Å². The second-order valence-corrected chi connectivity index (χ2v) is 5.27. The summed E-state index contributed by atoms with van der Waals surface area (Å²) in [5.74, 6) is 0. The Kier molecular flexibility index (Phi) is 2.84. The van der Waals surface area contributed by atoms with Crippen molar-refractivity contribution in [2.24, 2.45) is 0 Å². The fraction of sp³-hybridized carbons (Fsp3) is 0.375. The van der Waals surface area contributed by atoms with Crippen molar-refractivity contribution >= 4 is 10.8 Å². The predicted molar refractivity (Wildman–Crippen MR) is 72.5 cm³/mol. The number of aliphatic hydroxyl groups is 1. The SMILES string of the molecule is CC1(C(O)c2ccc3ccccc3c2)CCCO1. The maximum absolute atomic E-state index is 10.5. The molecule has 0 amide bonds. The van der Waals surface area contributed by atoms with Crippen LogP contribution in [0, 0.1) is 0 Å². The van der Waals surface area contributed by atoms with Crippen molar-refractivity contribution in [3.05, 3.63) is 48.0 Å². The van der Waals surface area contributed by atoms with Crippen LogP contribution in [0.3, 0.4) is 0 Å². The molecule has 1 N–H and O–H groups in total. The molecular formula is C16H18O2. The van der Waals surface area contributed by atoms with Crippen molar-refractivity contribution < 1.29 is 9.84 Å². The Morgan fingerprint density at radius 1 is 1.17 bits per heavy atom. The van der Waals surface area contributed by atoms with Crippen molar-refractivity contribution in [3.8, 4) is 0 Å². The maximum atomic E-state index is 10.5. The lowest BCUT2D eigenvalue weighted by molar-refractivity contribution is -0.0795. The van der Waals surface area contributed by atoms with E-state index >= 15 is 0 Å². The van der Waals surface area contributed by atoms with Crippen molar-refractivity contribution in [3.63, 3.8) is 0 Å². The number of ether oxygens (including phenoxy) is 1. The van der Waals surface area contributed by atoms with Gasteiger partial charge in [0.25, 0.3) is 0 Å². The smallest absolute Gasteiger partial charge is 0.108 e. The third-order valence-electron chi connectivity index (χ3n) is 3.92. The van der Waals surface area contributed by atoms with E-state index < -0.39 is 11.7 Å².